The van der Waals surface area contributed by atoms with E-state index in [1.54, 1.807) is 18.2 Å². The molecule has 0 spiro atoms. The summed E-state index contributed by atoms with van der Waals surface area (Å²) < 4.78 is 40.7. The molecule has 39 heavy (non-hydrogen) atoms. The van der Waals surface area contributed by atoms with E-state index in [2.05, 4.69) is 20.5 Å². The highest BCUT2D eigenvalue weighted by Crippen LogP contribution is 2.40. The number of halogens is 3. The van der Waals surface area contributed by atoms with Crippen molar-refractivity contribution in [3.63, 3.8) is 0 Å². The summed E-state index contributed by atoms with van der Waals surface area (Å²) in [6.45, 7) is 2.98. The first-order valence-corrected chi connectivity index (χ1v) is 13.0. The molecule has 3 N–H and O–H groups in total. The van der Waals surface area contributed by atoms with Crippen molar-refractivity contribution < 1.29 is 28.2 Å². The number of hydrogen-bond acceptors (Lipinski definition) is 8. The molecule has 0 unspecified atom stereocenters. The van der Waals surface area contributed by atoms with Crippen molar-refractivity contribution in [2.45, 2.75) is 38.3 Å². The van der Waals surface area contributed by atoms with Crippen molar-refractivity contribution in [3.05, 3.63) is 69.5 Å². The fraction of sp³-hybridized carbons (Fsp3) is 0.444. The Kier molecular flexibility index (Phi) is 7.60. The van der Waals surface area contributed by atoms with E-state index in [1.807, 2.05) is 11.8 Å². The zero-order valence-electron chi connectivity index (χ0n) is 21.7. The maximum atomic E-state index is 15.9. The lowest BCUT2D eigenvalue weighted by Crippen LogP contribution is -2.48. The number of aromatic amines is 1. The number of aromatic nitrogens is 3. The SMILES string of the molecule is COC(=O)C1(Cc2nc(Nc3cc(C)[nH]n3)cc(C3(O)COC3)c2F)CCN(Cc2cccc(Cl)c2F)CC1. The molecule has 5 rings (SSSR count). The highest BCUT2D eigenvalue weighted by molar-refractivity contribution is 6.30. The van der Waals surface area contributed by atoms with Crippen LogP contribution < -0.4 is 5.32 Å². The van der Waals surface area contributed by atoms with E-state index in [-0.39, 0.29) is 41.7 Å². The van der Waals surface area contributed by atoms with E-state index in [9.17, 15) is 14.3 Å². The number of hydrogen-bond donors (Lipinski definition) is 3. The number of carbonyl (C=O) groups excluding carboxylic acids is 1. The van der Waals surface area contributed by atoms with Crippen molar-refractivity contribution >= 4 is 29.2 Å². The predicted octanol–water partition coefficient (Wildman–Crippen LogP) is 4.00. The number of rotatable bonds is 8. The predicted molar refractivity (Wildman–Crippen MR) is 140 cm³/mol. The molecule has 12 heteroatoms. The molecule has 0 bridgehead atoms. The highest BCUT2D eigenvalue weighted by atomic mass is 35.5. The molecular formula is C27H30ClF2N5O4. The Morgan fingerprint density at radius 3 is 2.59 bits per heavy atom. The van der Waals surface area contributed by atoms with Crippen LogP contribution in [-0.2, 0) is 32.8 Å². The van der Waals surface area contributed by atoms with Gasteiger partial charge in [-0.15, -0.1) is 0 Å². The van der Waals surface area contributed by atoms with Crippen LogP contribution in [0.1, 0.15) is 35.4 Å². The molecule has 1 aromatic carbocycles. The summed E-state index contributed by atoms with van der Waals surface area (Å²) in [7, 11) is 1.30. The molecule has 0 amide bonds. The van der Waals surface area contributed by atoms with Crippen LogP contribution in [0.5, 0.6) is 0 Å². The van der Waals surface area contributed by atoms with Gasteiger partial charge < -0.3 is 19.9 Å². The number of aryl methyl sites for hydroxylation is 1. The summed E-state index contributed by atoms with van der Waals surface area (Å²) in [6.07, 6.45) is 0.660. The smallest absolute Gasteiger partial charge is 0.312 e. The van der Waals surface area contributed by atoms with Gasteiger partial charge in [0.05, 0.1) is 36.5 Å². The van der Waals surface area contributed by atoms with Crippen LogP contribution in [-0.4, -0.2) is 64.6 Å². The van der Waals surface area contributed by atoms with E-state index < -0.39 is 28.6 Å². The minimum absolute atomic E-state index is 0.0299. The molecule has 2 aromatic heterocycles. The molecule has 2 saturated heterocycles. The number of pyridine rings is 1. The fourth-order valence-corrected chi connectivity index (χ4v) is 5.40. The first-order chi connectivity index (χ1) is 18.6. The van der Waals surface area contributed by atoms with Gasteiger partial charge in [0.15, 0.2) is 11.6 Å². The number of nitrogens with zero attached hydrogens (tertiary/aromatic N) is 3. The Balaban J connectivity index is 1.42. The number of carbonyl (C=O) groups is 1. The summed E-state index contributed by atoms with van der Waals surface area (Å²) in [4.78, 5) is 19.6. The van der Waals surface area contributed by atoms with Crippen molar-refractivity contribution in [2.24, 2.45) is 5.41 Å². The van der Waals surface area contributed by atoms with Gasteiger partial charge in [-0.25, -0.2) is 13.8 Å². The summed E-state index contributed by atoms with van der Waals surface area (Å²) in [5.41, 5.74) is -1.19. The second-order valence-electron chi connectivity index (χ2n) is 10.3. The molecular weight excluding hydrogens is 532 g/mol. The van der Waals surface area contributed by atoms with Crippen molar-refractivity contribution in [2.75, 3.05) is 38.7 Å². The molecule has 3 aromatic rings. The van der Waals surface area contributed by atoms with Crippen LogP contribution in [0.2, 0.25) is 5.02 Å². The van der Waals surface area contributed by atoms with Gasteiger partial charge in [0.25, 0.3) is 0 Å². The van der Waals surface area contributed by atoms with Crippen LogP contribution >= 0.6 is 11.6 Å². The Morgan fingerprint density at radius 2 is 1.97 bits per heavy atom. The number of ether oxygens (including phenoxy) is 2. The third kappa shape index (κ3) is 5.49. The highest BCUT2D eigenvalue weighted by Gasteiger charge is 2.46. The topological polar surface area (TPSA) is 113 Å². The van der Waals surface area contributed by atoms with Crippen LogP contribution in [0.3, 0.4) is 0 Å². The standard InChI is InChI=1S/C27H30ClF2N5O4/c1-16-10-22(34-33-16)32-21-11-18(27(37)14-39-15-27)24(30)20(31-21)12-26(25(36)38-2)6-8-35(9-7-26)13-17-4-3-5-19(28)23(17)29/h3-5,10-11,37H,6-9,12-15H2,1-2H3,(H2,31,32,33,34). The van der Waals surface area contributed by atoms with Crippen LogP contribution in [0.15, 0.2) is 30.3 Å². The molecule has 208 valence electrons. The normalized spacial score (nSPS) is 18.4. The molecule has 2 aliphatic rings. The molecule has 0 aliphatic carbocycles. The number of likely N-dealkylation sites (tertiary alicyclic amines) is 1. The summed E-state index contributed by atoms with van der Waals surface area (Å²) in [5, 5.41) is 21.0. The zero-order chi connectivity index (χ0) is 27.8. The zero-order valence-corrected chi connectivity index (χ0v) is 22.4. The lowest BCUT2D eigenvalue weighted by molar-refractivity contribution is -0.186. The molecule has 0 radical (unpaired) electrons. The largest absolute Gasteiger partial charge is 0.469 e. The van der Waals surface area contributed by atoms with E-state index in [0.717, 1.165) is 5.69 Å². The molecule has 2 fully saturated rings. The Morgan fingerprint density at radius 1 is 1.23 bits per heavy atom. The molecule has 2 aliphatic heterocycles. The Labute approximate surface area is 229 Å². The first kappa shape index (κ1) is 27.4. The Bertz CT molecular complexity index is 1370. The molecule has 9 nitrogen and oxygen atoms in total. The third-order valence-electron chi connectivity index (χ3n) is 7.53. The summed E-state index contributed by atoms with van der Waals surface area (Å²) >= 11 is 5.93. The molecule has 4 heterocycles. The fourth-order valence-electron chi connectivity index (χ4n) is 5.21. The van der Waals surface area contributed by atoms with Gasteiger partial charge in [-0.3, -0.25) is 14.8 Å². The minimum atomic E-state index is -1.50. The summed E-state index contributed by atoms with van der Waals surface area (Å²) in [5.74, 6) is -0.856. The monoisotopic (exact) mass is 561 g/mol. The maximum Gasteiger partial charge on any atom is 0.312 e. The van der Waals surface area contributed by atoms with Gasteiger partial charge in [-0.2, -0.15) is 5.10 Å². The van der Waals surface area contributed by atoms with E-state index in [1.165, 1.54) is 19.2 Å². The van der Waals surface area contributed by atoms with Gasteiger partial charge in [-0.1, -0.05) is 23.7 Å². The number of anilines is 2. The lowest BCUT2D eigenvalue weighted by atomic mass is 9.74. The van der Waals surface area contributed by atoms with Gasteiger partial charge in [0.2, 0.25) is 0 Å². The van der Waals surface area contributed by atoms with E-state index >= 15 is 4.39 Å². The average Bonchev–Trinajstić information content (AvgIpc) is 3.32. The van der Waals surface area contributed by atoms with Gasteiger partial charge in [-0.05, 0) is 45.0 Å². The number of methoxy groups -OCH3 is 1. The van der Waals surface area contributed by atoms with Gasteiger partial charge in [0, 0.05) is 35.9 Å². The Hall–Kier alpha value is -3.12. The average molecular weight is 562 g/mol. The number of esters is 1. The van der Waals surface area contributed by atoms with Gasteiger partial charge >= 0.3 is 5.97 Å². The second kappa shape index (κ2) is 10.8. The number of H-pyrrole nitrogens is 1. The minimum Gasteiger partial charge on any atom is -0.469 e. The van der Waals surface area contributed by atoms with Crippen LogP contribution in [0.4, 0.5) is 20.4 Å². The first-order valence-electron chi connectivity index (χ1n) is 12.7. The summed E-state index contributed by atoms with van der Waals surface area (Å²) in [6, 6.07) is 8.08. The number of nitrogens with one attached hydrogen (secondary N) is 2. The molecule has 0 saturated carbocycles. The van der Waals surface area contributed by atoms with Crippen molar-refractivity contribution in [3.8, 4) is 0 Å². The van der Waals surface area contributed by atoms with Crippen molar-refractivity contribution in [1.29, 1.82) is 0 Å². The lowest BCUT2D eigenvalue weighted by Gasteiger charge is -2.40. The van der Waals surface area contributed by atoms with Crippen LogP contribution in [0.25, 0.3) is 0 Å². The van der Waals surface area contributed by atoms with Crippen LogP contribution in [0, 0.1) is 24.0 Å². The maximum absolute atomic E-state index is 15.9. The number of piperidine rings is 1. The number of aliphatic hydroxyl groups is 1. The van der Waals surface area contributed by atoms with E-state index in [0.29, 0.717) is 43.9 Å². The quantitative estimate of drug-likeness (QED) is 0.354. The number of benzene rings is 1. The van der Waals surface area contributed by atoms with Gasteiger partial charge in [0.1, 0.15) is 17.2 Å². The second-order valence-corrected chi connectivity index (χ2v) is 10.7. The molecule has 0 atom stereocenters. The van der Waals surface area contributed by atoms with E-state index in [4.69, 9.17) is 21.1 Å². The third-order valence-corrected chi connectivity index (χ3v) is 7.83. The van der Waals surface area contributed by atoms with Crippen molar-refractivity contribution in [1.82, 2.24) is 20.1 Å².